The summed E-state index contributed by atoms with van der Waals surface area (Å²) in [6.07, 6.45) is -4.53. The van der Waals surface area contributed by atoms with Gasteiger partial charge < -0.3 is 63.0 Å². The predicted molar refractivity (Wildman–Crippen MR) is 125 cm³/mol. The van der Waals surface area contributed by atoms with E-state index in [0.29, 0.717) is 0 Å². The van der Waals surface area contributed by atoms with Crippen molar-refractivity contribution in [1.82, 2.24) is 0 Å². The van der Waals surface area contributed by atoms with Gasteiger partial charge in [-0.15, -0.1) is 0 Å². The highest BCUT2D eigenvalue weighted by Gasteiger charge is 2.58. The Morgan fingerprint density at radius 1 is 0.647 bits per heavy atom. The molecule has 0 rings (SSSR count). The number of hydrogen-bond donors (Lipinski definition) is 9. The van der Waals surface area contributed by atoms with Gasteiger partial charge in [0.2, 0.25) is 0 Å². The average Bonchev–Trinajstić information content (AvgIpc) is 2.87. The average molecular weight is 567 g/mol. The molecule has 0 atom stereocenters. The van der Waals surface area contributed by atoms with Gasteiger partial charge in [-0.05, 0) is 13.3 Å². The molecule has 0 fully saturated rings. The molecule has 0 radical (unpaired) electrons. The fourth-order valence-corrected chi connectivity index (χ4v) is 17.2. The molecular formula is C16H38O14Si4. The number of esters is 1. The highest BCUT2D eigenvalue weighted by Crippen LogP contribution is 2.29. The summed E-state index contributed by atoms with van der Waals surface area (Å²) in [7, 11) is -15.9. The molecule has 0 heterocycles. The van der Waals surface area contributed by atoms with Crippen molar-refractivity contribution in [1.29, 1.82) is 0 Å². The summed E-state index contributed by atoms with van der Waals surface area (Å²) in [6, 6.07) is -0.256. The van der Waals surface area contributed by atoms with E-state index in [2.05, 4.69) is 0 Å². The molecule has 34 heavy (non-hydrogen) atoms. The highest BCUT2D eigenvalue weighted by molar-refractivity contribution is 6.92. The van der Waals surface area contributed by atoms with E-state index in [0.717, 1.165) is 0 Å². The normalized spacial score (nSPS) is 13.6. The number of aliphatic hydroxyl groups excluding tert-OH is 9. The smallest absolute Gasteiger partial charge is 0.463 e. The van der Waals surface area contributed by atoms with Crippen LogP contribution in [0, 0.1) is 0 Å². The Balaban J connectivity index is 6.47. The van der Waals surface area contributed by atoms with Gasteiger partial charge in [0.25, 0.3) is 25.0 Å². The first-order valence-electron chi connectivity index (χ1n) is 10.5. The SMILES string of the molecule is CC=CC(=O)OCCC[Si](O[Si](CO)(CO)CO)(O[Si](CO)(CO)CO)O[Si](CO)(CO)CO. The van der Waals surface area contributed by atoms with Crippen LogP contribution in [0.1, 0.15) is 13.3 Å². The lowest BCUT2D eigenvalue weighted by atomic mass is 10.5. The molecule has 18 heteroatoms. The van der Waals surface area contributed by atoms with Crippen LogP contribution < -0.4 is 0 Å². The van der Waals surface area contributed by atoms with E-state index in [1.54, 1.807) is 6.92 Å². The zero-order valence-corrected chi connectivity index (χ0v) is 23.2. The van der Waals surface area contributed by atoms with Crippen LogP contribution in [0.25, 0.3) is 0 Å². The highest BCUT2D eigenvalue weighted by atomic mass is 28.5. The Kier molecular flexibility index (Phi) is 16.2. The van der Waals surface area contributed by atoms with Crippen molar-refractivity contribution >= 4 is 39.7 Å². The molecule has 0 aliphatic heterocycles. The number of aliphatic hydroxyl groups is 9. The largest absolute Gasteiger partial charge is 0.470 e. The Bertz CT molecular complexity index is 518. The van der Waals surface area contributed by atoms with Crippen molar-refractivity contribution in [2.75, 3.05) is 62.7 Å². The zero-order chi connectivity index (χ0) is 26.3. The minimum Gasteiger partial charge on any atom is -0.463 e. The molecule has 0 aliphatic rings. The number of carbonyl (C=O) groups is 1. The number of ether oxygens (including phenoxy) is 1. The second kappa shape index (κ2) is 16.4. The van der Waals surface area contributed by atoms with E-state index >= 15 is 0 Å². The minimum absolute atomic E-state index is 0.0121. The second-order valence-electron chi connectivity index (χ2n) is 7.73. The Morgan fingerprint density at radius 3 is 1.24 bits per heavy atom. The Hall–Kier alpha value is -0.402. The van der Waals surface area contributed by atoms with Gasteiger partial charge in [-0.25, -0.2) is 4.79 Å². The Morgan fingerprint density at radius 2 is 0.971 bits per heavy atom. The molecule has 0 aromatic rings. The van der Waals surface area contributed by atoms with E-state index in [1.807, 2.05) is 0 Å². The fraction of sp³-hybridized carbons (Fsp3) is 0.812. The van der Waals surface area contributed by atoms with Gasteiger partial charge in [0.1, 0.15) is 0 Å². The molecule has 0 aromatic heterocycles. The van der Waals surface area contributed by atoms with E-state index < -0.39 is 95.8 Å². The number of allylic oxidation sites excluding steroid dienone is 1. The number of carbonyl (C=O) groups excluding carboxylic acids is 1. The maximum Gasteiger partial charge on any atom is 0.470 e. The van der Waals surface area contributed by atoms with Crippen molar-refractivity contribution in [3.63, 3.8) is 0 Å². The predicted octanol–water partition coefficient (Wildman–Crippen LogP) is -4.90. The van der Waals surface area contributed by atoms with Crippen LogP contribution in [0.5, 0.6) is 0 Å². The number of hydrogen-bond acceptors (Lipinski definition) is 14. The van der Waals surface area contributed by atoms with E-state index in [4.69, 9.17) is 17.1 Å². The maximum absolute atomic E-state index is 11.6. The van der Waals surface area contributed by atoms with Crippen LogP contribution in [0.4, 0.5) is 0 Å². The minimum atomic E-state index is -4.45. The second-order valence-corrected chi connectivity index (χ2v) is 22.0. The first-order chi connectivity index (χ1) is 16.1. The van der Waals surface area contributed by atoms with Gasteiger partial charge in [0.15, 0.2) is 0 Å². The van der Waals surface area contributed by atoms with Crippen molar-refractivity contribution in [2.45, 2.75) is 19.4 Å². The molecule has 9 N–H and O–H groups in total. The molecular weight excluding hydrogens is 529 g/mol. The first kappa shape index (κ1) is 33.6. The molecule has 0 saturated heterocycles. The van der Waals surface area contributed by atoms with Gasteiger partial charge in [-0.2, -0.15) is 0 Å². The summed E-state index contributed by atoms with van der Waals surface area (Å²) in [5.74, 6) is -0.642. The van der Waals surface area contributed by atoms with E-state index in [-0.39, 0.29) is 19.1 Å². The molecule has 0 amide bonds. The Labute approximate surface area is 202 Å². The topological polar surface area (TPSA) is 236 Å². The lowest BCUT2D eigenvalue weighted by molar-refractivity contribution is -0.137. The molecule has 14 nitrogen and oxygen atoms in total. The third kappa shape index (κ3) is 9.57. The van der Waals surface area contributed by atoms with Crippen LogP contribution in [0.15, 0.2) is 12.2 Å². The van der Waals surface area contributed by atoms with E-state index in [1.165, 1.54) is 12.2 Å². The van der Waals surface area contributed by atoms with Crippen LogP contribution in [0.2, 0.25) is 6.04 Å². The molecule has 0 spiro atoms. The summed E-state index contributed by atoms with van der Waals surface area (Å²) in [6.45, 7) is 1.43. The first-order valence-corrected chi connectivity index (χ1v) is 20.0. The maximum atomic E-state index is 11.6. The van der Waals surface area contributed by atoms with Crippen LogP contribution in [0.3, 0.4) is 0 Å². The van der Waals surface area contributed by atoms with Gasteiger partial charge >= 0.3 is 14.8 Å². The molecule has 0 aliphatic carbocycles. The van der Waals surface area contributed by atoms with Crippen LogP contribution in [-0.4, -0.2) is 148 Å². The molecule has 0 bridgehead atoms. The summed E-state index contributed by atoms with van der Waals surface area (Å²) in [4.78, 5) is 11.6. The van der Waals surface area contributed by atoms with Crippen LogP contribution in [-0.2, 0) is 21.9 Å². The molecule has 0 aromatic carbocycles. The standard InChI is InChI=1S/C16H38O14Si4/c1-2-4-16(26)27-5-3-6-34(28-31(7-17,8-18)9-19,29-32(10-20,11-21)12-22)30-33(13-23,14-24)15-25/h2,4,17-25H,3,5-15H2,1H3. The zero-order valence-electron chi connectivity index (χ0n) is 19.2. The monoisotopic (exact) mass is 566 g/mol. The van der Waals surface area contributed by atoms with Gasteiger partial charge in [-0.3, -0.25) is 0 Å². The lowest BCUT2D eigenvalue weighted by Crippen LogP contribution is -2.72. The van der Waals surface area contributed by atoms with Crippen molar-refractivity contribution < 1.29 is 67.8 Å². The molecule has 0 unspecified atom stereocenters. The molecule has 0 saturated carbocycles. The number of rotatable bonds is 20. The van der Waals surface area contributed by atoms with Gasteiger partial charge in [0.05, 0.1) is 62.7 Å². The quantitative estimate of drug-likeness (QED) is 0.0291. The summed E-state index contributed by atoms with van der Waals surface area (Å²) < 4.78 is 23.0. The van der Waals surface area contributed by atoms with Gasteiger partial charge in [-0.1, -0.05) is 6.08 Å². The van der Waals surface area contributed by atoms with Crippen molar-refractivity contribution in [3.05, 3.63) is 12.2 Å². The summed E-state index contributed by atoms with van der Waals surface area (Å²) in [5, 5.41) is 88.7. The third-order valence-electron chi connectivity index (χ3n) is 4.88. The van der Waals surface area contributed by atoms with Crippen molar-refractivity contribution in [3.8, 4) is 0 Å². The van der Waals surface area contributed by atoms with Gasteiger partial charge in [0, 0.05) is 12.1 Å². The van der Waals surface area contributed by atoms with Crippen LogP contribution >= 0.6 is 0 Å². The fourth-order valence-electron chi connectivity index (χ4n) is 2.59. The summed E-state index contributed by atoms with van der Waals surface area (Å²) >= 11 is 0. The van der Waals surface area contributed by atoms with E-state index in [9.17, 15) is 50.8 Å². The lowest BCUT2D eigenvalue weighted by Gasteiger charge is -2.46. The molecule has 202 valence electrons. The third-order valence-corrected chi connectivity index (χ3v) is 20.0. The summed E-state index contributed by atoms with van der Waals surface area (Å²) in [5.41, 5.74) is 0. The van der Waals surface area contributed by atoms with Crippen molar-refractivity contribution in [2.24, 2.45) is 0 Å².